The third-order valence-corrected chi connectivity index (χ3v) is 5.22. The summed E-state index contributed by atoms with van der Waals surface area (Å²) in [5.41, 5.74) is 9.46. The van der Waals surface area contributed by atoms with Crippen molar-refractivity contribution >= 4 is 23.0 Å². The van der Waals surface area contributed by atoms with Gasteiger partial charge < -0.3 is 20.7 Å². The summed E-state index contributed by atoms with van der Waals surface area (Å²) in [7, 11) is 3.96. The van der Waals surface area contributed by atoms with Crippen LogP contribution < -0.4 is 15.8 Å². The van der Waals surface area contributed by atoms with Gasteiger partial charge in [0, 0.05) is 41.8 Å². The summed E-state index contributed by atoms with van der Waals surface area (Å²) in [6, 6.07) is 16.3. The van der Waals surface area contributed by atoms with Crippen LogP contribution in [0.4, 0.5) is 15.8 Å². The van der Waals surface area contributed by atoms with Gasteiger partial charge in [-0.15, -0.1) is 0 Å². The van der Waals surface area contributed by atoms with Crippen LogP contribution in [0.3, 0.4) is 0 Å². The van der Waals surface area contributed by atoms with Crippen LogP contribution in [0.1, 0.15) is 11.1 Å². The Morgan fingerprint density at radius 3 is 2.58 bits per heavy atom. The van der Waals surface area contributed by atoms with E-state index in [2.05, 4.69) is 15.3 Å². The van der Waals surface area contributed by atoms with Crippen LogP contribution in [0.2, 0.25) is 0 Å². The molecular formula is C27H25FN6O2. The SMILES string of the molecule is CN(C)Cc1cncc(-c2ccc(N)c(C(=N)C(=O)Nc3ccc(Oc4ccccc4F)nc3)c2)c1. The molecule has 0 saturated carbocycles. The Bertz CT molecular complexity index is 1410. The summed E-state index contributed by atoms with van der Waals surface area (Å²) < 4.78 is 19.2. The highest BCUT2D eigenvalue weighted by molar-refractivity contribution is 6.48. The van der Waals surface area contributed by atoms with Crippen LogP contribution in [-0.2, 0) is 11.3 Å². The molecule has 0 radical (unpaired) electrons. The standard InChI is InChI=1S/C27H25FN6O2/c1-34(2)16-17-11-19(14-31-13-17)18-7-9-23(29)21(12-18)26(30)27(35)33-20-8-10-25(32-15-20)36-24-6-4-3-5-22(24)28/h3-15,30H,16,29H2,1-2H3,(H,33,35). The van der Waals surface area contributed by atoms with E-state index in [-0.39, 0.29) is 17.3 Å². The van der Waals surface area contributed by atoms with Gasteiger partial charge in [0.1, 0.15) is 5.71 Å². The van der Waals surface area contributed by atoms with Crippen LogP contribution in [0.5, 0.6) is 11.6 Å². The quantitative estimate of drug-likeness (QED) is 0.246. The summed E-state index contributed by atoms with van der Waals surface area (Å²) in [6.45, 7) is 0.735. The van der Waals surface area contributed by atoms with Gasteiger partial charge in [-0.05, 0) is 61.6 Å². The topological polar surface area (TPSA) is 117 Å². The Morgan fingerprint density at radius 1 is 1.06 bits per heavy atom. The summed E-state index contributed by atoms with van der Waals surface area (Å²) >= 11 is 0. The molecule has 0 aliphatic carbocycles. The second-order valence-corrected chi connectivity index (χ2v) is 8.37. The summed E-state index contributed by atoms with van der Waals surface area (Å²) in [5, 5.41) is 11.1. The number of nitrogen functional groups attached to an aromatic ring is 1. The molecule has 0 spiro atoms. The molecule has 8 nitrogen and oxygen atoms in total. The molecule has 0 atom stereocenters. The minimum absolute atomic E-state index is 0.0429. The molecule has 4 N–H and O–H groups in total. The van der Waals surface area contributed by atoms with Gasteiger partial charge in [0.15, 0.2) is 11.6 Å². The number of hydrogen-bond acceptors (Lipinski definition) is 7. The number of carbonyl (C=O) groups is 1. The van der Waals surface area contributed by atoms with E-state index >= 15 is 0 Å². The normalized spacial score (nSPS) is 10.8. The number of aromatic nitrogens is 2. The number of rotatable bonds is 8. The second-order valence-electron chi connectivity index (χ2n) is 8.37. The number of carbonyl (C=O) groups excluding carboxylic acids is 1. The average molecular weight is 485 g/mol. The van der Waals surface area contributed by atoms with Gasteiger partial charge in [0.25, 0.3) is 5.91 Å². The number of para-hydroxylation sites is 1. The molecule has 2 aromatic carbocycles. The zero-order valence-electron chi connectivity index (χ0n) is 19.8. The molecule has 0 aliphatic heterocycles. The number of benzene rings is 2. The van der Waals surface area contributed by atoms with Crippen LogP contribution in [0.25, 0.3) is 11.1 Å². The van der Waals surface area contributed by atoms with Crippen molar-refractivity contribution in [3.63, 3.8) is 0 Å². The van der Waals surface area contributed by atoms with Gasteiger partial charge >= 0.3 is 0 Å². The molecular weight excluding hydrogens is 459 g/mol. The Kier molecular flexibility index (Phi) is 7.31. The van der Waals surface area contributed by atoms with E-state index in [1.807, 2.05) is 31.1 Å². The fraction of sp³-hybridized carbons (Fsp3) is 0.111. The molecule has 36 heavy (non-hydrogen) atoms. The first-order valence-corrected chi connectivity index (χ1v) is 11.1. The minimum atomic E-state index is -0.650. The first-order chi connectivity index (χ1) is 17.3. The minimum Gasteiger partial charge on any atom is -0.436 e. The number of anilines is 2. The number of pyridine rings is 2. The lowest BCUT2D eigenvalue weighted by Gasteiger charge is -2.13. The third kappa shape index (κ3) is 5.89. The lowest BCUT2D eigenvalue weighted by molar-refractivity contribution is -0.110. The molecule has 4 rings (SSSR count). The van der Waals surface area contributed by atoms with Crippen molar-refractivity contribution in [1.82, 2.24) is 14.9 Å². The fourth-order valence-corrected chi connectivity index (χ4v) is 3.52. The monoisotopic (exact) mass is 484 g/mol. The van der Waals surface area contributed by atoms with E-state index in [0.29, 0.717) is 16.9 Å². The van der Waals surface area contributed by atoms with E-state index in [1.165, 1.54) is 24.4 Å². The molecule has 182 valence electrons. The van der Waals surface area contributed by atoms with Gasteiger partial charge in [0.2, 0.25) is 5.88 Å². The molecule has 0 unspecified atom stereocenters. The van der Waals surface area contributed by atoms with E-state index in [0.717, 1.165) is 23.2 Å². The highest BCUT2D eigenvalue weighted by Gasteiger charge is 2.17. The van der Waals surface area contributed by atoms with E-state index in [4.69, 9.17) is 15.9 Å². The lowest BCUT2D eigenvalue weighted by atomic mass is 9.99. The van der Waals surface area contributed by atoms with Crippen LogP contribution in [0, 0.1) is 11.2 Å². The molecule has 2 heterocycles. The number of nitrogens with one attached hydrogen (secondary N) is 2. The Morgan fingerprint density at radius 2 is 1.86 bits per heavy atom. The number of halogens is 1. The van der Waals surface area contributed by atoms with Gasteiger partial charge in [0.05, 0.1) is 11.9 Å². The van der Waals surface area contributed by atoms with Crippen molar-refractivity contribution in [2.75, 3.05) is 25.1 Å². The molecule has 1 amide bonds. The maximum atomic E-state index is 13.8. The second kappa shape index (κ2) is 10.7. The smallest absolute Gasteiger partial charge is 0.274 e. The average Bonchev–Trinajstić information content (AvgIpc) is 2.86. The van der Waals surface area contributed by atoms with Crippen molar-refractivity contribution in [3.05, 3.63) is 96.2 Å². The Hall–Kier alpha value is -4.63. The largest absolute Gasteiger partial charge is 0.436 e. The van der Waals surface area contributed by atoms with Crippen molar-refractivity contribution in [1.29, 1.82) is 5.41 Å². The molecule has 4 aromatic rings. The maximum absolute atomic E-state index is 13.8. The van der Waals surface area contributed by atoms with E-state index in [1.54, 1.807) is 42.7 Å². The third-order valence-electron chi connectivity index (χ3n) is 5.22. The highest BCUT2D eigenvalue weighted by Crippen LogP contribution is 2.26. The summed E-state index contributed by atoms with van der Waals surface area (Å²) in [6.07, 6.45) is 4.90. The number of ether oxygens (including phenoxy) is 1. The molecule has 2 aromatic heterocycles. The molecule has 0 fully saturated rings. The zero-order chi connectivity index (χ0) is 25.7. The fourth-order valence-electron chi connectivity index (χ4n) is 3.52. The Labute approximate surface area is 208 Å². The van der Waals surface area contributed by atoms with Crippen molar-refractivity contribution in [2.24, 2.45) is 0 Å². The van der Waals surface area contributed by atoms with E-state index < -0.39 is 11.7 Å². The van der Waals surface area contributed by atoms with Gasteiger partial charge in [-0.2, -0.15) is 0 Å². The highest BCUT2D eigenvalue weighted by atomic mass is 19.1. The number of nitrogens with two attached hydrogens (primary N) is 1. The molecule has 9 heteroatoms. The van der Waals surface area contributed by atoms with Gasteiger partial charge in [-0.1, -0.05) is 18.2 Å². The summed E-state index contributed by atoms with van der Waals surface area (Å²) in [4.78, 5) is 23.2. The molecule has 0 aliphatic rings. The van der Waals surface area contributed by atoms with Crippen molar-refractivity contribution in [3.8, 4) is 22.8 Å². The predicted octanol–water partition coefficient (Wildman–Crippen LogP) is 4.73. The summed E-state index contributed by atoms with van der Waals surface area (Å²) in [5.74, 6) is -0.954. The number of nitrogens with zero attached hydrogens (tertiary/aromatic N) is 3. The predicted molar refractivity (Wildman–Crippen MR) is 138 cm³/mol. The number of amides is 1. The lowest BCUT2D eigenvalue weighted by Crippen LogP contribution is -2.24. The first kappa shape index (κ1) is 24.5. The van der Waals surface area contributed by atoms with Crippen LogP contribution in [-0.4, -0.2) is 40.6 Å². The number of hydrogen-bond donors (Lipinski definition) is 3. The van der Waals surface area contributed by atoms with E-state index in [9.17, 15) is 9.18 Å². The maximum Gasteiger partial charge on any atom is 0.274 e. The first-order valence-electron chi connectivity index (χ1n) is 11.1. The van der Waals surface area contributed by atoms with Crippen LogP contribution in [0.15, 0.2) is 79.3 Å². The van der Waals surface area contributed by atoms with Gasteiger partial charge in [-0.3, -0.25) is 15.2 Å². The molecule has 0 saturated heterocycles. The van der Waals surface area contributed by atoms with Gasteiger partial charge in [-0.25, -0.2) is 9.37 Å². The molecule has 0 bridgehead atoms. The zero-order valence-corrected chi connectivity index (χ0v) is 19.8. The van der Waals surface area contributed by atoms with Crippen molar-refractivity contribution < 1.29 is 13.9 Å². The Balaban J connectivity index is 1.48. The van der Waals surface area contributed by atoms with Crippen molar-refractivity contribution in [2.45, 2.75) is 6.54 Å². The van der Waals surface area contributed by atoms with Crippen LogP contribution >= 0.6 is 0 Å².